The monoisotopic (exact) mass is 627 g/mol. The van der Waals surface area contributed by atoms with Crippen molar-refractivity contribution in [2.45, 2.75) is 77.7 Å². The van der Waals surface area contributed by atoms with Gasteiger partial charge in [0.25, 0.3) is 8.32 Å². The molecule has 2 heterocycles. The predicted molar refractivity (Wildman–Crippen MR) is 165 cm³/mol. The molecule has 3 aromatic rings. The Balaban J connectivity index is 1.41. The summed E-state index contributed by atoms with van der Waals surface area (Å²) in [4.78, 5) is 14.9. The van der Waals surface area contributed by atoms with E-state index in [1.807, 2.05) is 31.5 Å². The van der Waals surface area contributed by atoms with Gasteiger partial charge in [-0.2, -0.15) is 5.10 Å². The molecule has 7 nitrogen and oxygen atoms in total. The van der Waals surface area contributed by atoms with Gasteiger partial charge in [-0.15, -0.1) is 0 Å². The number of fused-ring (bicyclic) bond motifs is 1. The van der Waals surface area contributed by atoms with Crippen LogP contribution in [0, 0.1) is 0 Å². The van der Waals surface area contributed by atoms with E-state index >= 15 is 0 Å². The molecule has 0 spiro atoms. The first-order valence-electron chi connectivity index (χ1n) is 14.0. The average Bonchev–Trinajstić information content (AvgIpc) is 3.26. The molecular weight excluding hydrogens is 586 g/mol. The molecule has 0 N–H and O–H groups in total. The van der Waals surface area contributed by atoms with E-state index in [4.69, 9.17) is 13.9 Å². The summed E-state index contributed by atoms with van der Waals surface area (Å²) in [6.07, 6.45) is 0.367. The lowest BCUT2D eigenvalue weighted by atomic mass is 10.1. The summed E-state index contributed by atoms with van der Waals surface area (Å²) in [5, 5.41) is 6.96. The molecular formula is C31H42BrN3O4Si. The van der Waals surface area contributed by atoms with Crippen molar-refractivity contribution in [3.05, 3.63) is 77.0 Å². The van der Waals surface area contributed by atoms with Crippen LogP contribution in [0.1, 0.15) is 53.7 Å². The number of nitrogens with zero attached hydrogens (tertiary/aromatic N) is 3. The second kappa shape index (κ2) is 12.6. The Bertz CT molecular complexity index is 1220. The Morgan fingerprint density at radius 2 is 1.55 bits per heavy atom. The molecule has 40 heavy (non-hydrogen) atoms. The largest absolute Gasteiger partial charge is 0.444 e. The average molecular weight is 629 g/mol. The van der Waals surface area contributed by atoms with Gasteiger partial charge in [-0.25, -0.2) is 4.79 Å². The van der Waals surface area contributed by atoms with Gasteiger partial charge in [-0.1, -0.05) is 81.4 Å². The number of carbonyl (C=O) groups is 1. The fourth-order valence-corrected chi connectivity index (χ4v) is 10.4. The van der Waals surface area contributed by atoms with Gasteiger partial charge in [0, 0.05) is 6.61 Å². The van der Waals surface area contributed by atoms with Crippen LogP contribution in [0.15, 0.2) is 71.3 Å². The van der Waals surface area contributed by atoms with E-state index in [0.717, 1.165) is 10.3 Å². The quantitative estimate of drug-likeness (QED) is 0.223. The summed E-state index contributed by atoms with van der Waals surface area (Å²) >= 11 is 3.46. The summed E-state index contributed by atoms with van der Waals surface area (Å²) in [5.74, 6) is 0. The van der Waals surface area contributed by atoms with Crippen LogP contribution in [0.5, 0.6) is 0 Å². The third-order valence-corrected chi connectivity index (χ3v) is 12.6. The fourth-order valence-electron chi connectivity index (χ4n) is 5.43. The first kappa shape index (κ1) is 30.5. The van der Waals surface area contributed by atoms with E-state index in [1.165, 1.54) is 10.4 Å². The lowest BCUT2D eigenvalue weighted by molar-refractivity contribution is -0.0000498. The van der Waals surface area contributed by atoms with Crippen LogP contribution in [-0.4, -0.2) is 60.6 Å². The molecule has 1 aliphatic rings. The minimum absolute atomic E-state index is 0.0771. The predicted octanol–water partition coefficient (Wildman–Crippen LogP) is 5.75. The molecule has 0 bridgehead atoms. The van der Waals surface area contributed by atoms with E-state index < -0.39 is 13.9 Å². The van der Waals surface area contributed by atoms with E-state index in [9.17, 15) is 4.79 Å². The number of aromatic nitrogens is 2. The molecule has 9 heteroatoms. The van der Waals surface area contributed by atoms with Gasteiger partial charge in [-0.05, 0) is 64.6 Å². The molecule has 216 valence electrons. The third kappa shape index (κ3) is 7.05. The minimum Gasteiger partial charge on any atom is -0.444 e. The lowest BCUT2D eigenvalue weighted by Crippen LogP contribution is -2.66. The summed E-state index contributed by atoms with van der Waals surface area (Å²) in [6, 6.07) is 23.1. The van der Waals surface area contributed by atoms with Crippen LogP contribution in [0.2, 0.25) is 5.04 Å². The molecule has 0 aliphatic carbocycles. The van der Waals surface area contributed by atoms with Crippen molar-refractivity contribution in [2.24, 2.45) is 0 Å². The molecule has 1 aromatic heterocycles. The normalized spacial score (nSPS) is 16.1. The fraction of sp³-hybridized carbons (Fsp3) is 0.484. The summed E-state index contributed by atoms with van der Waals surface area (Å²) in [7, 11) is -2.59. The zero-order chi connectivity index (χ0) is 29.0. The summed E-state index contributed by atoms with van der Waals surface area (Å²) in [6.45, 7) is 15.0. The number of halogens is 1. The molecule has 2 aromatic carbocycles. The van der Waals surface area contributed by atoms with Crippen molar-refractivity contribution in [2.75, 3.05) is 19.8 Å². The number of ether oxygens (including phenoxy) is 2. The van der Waals surface area contributed by atoms with Gasteiger partial charge in [-0.3, -0.25) is 9.58 Å². The van der Waals surface area contributed by atoms with Crippen LogP contribution in [0.25, 0.3) is 0 Å². The standard InChI is InChI=1S/C31H42BrN3O4Si/c1-30(2,3)39-29(36)34-22-25-21-28(32)33-35(25)23-24(34)17-18-37-19-20-38-40(31(4,5)6,26-13-9-7-10-14-26)27-15-11-8-12-16-27/h7-16,21,24H,17-20,22-23H2,1-6H3/t24-/m1/s1. The maximum Gasteiger partial charge on any atom is 0.410 e. The highest BCUT2D eigenvalue weighted by Gasteiger charge is 2.50. The van der Waals surface area contributed by atoms with Gasteiger partial charge in [0.2, 0.25) is 0 Å². The molecule has 0 radical (unpaired) electrons. The molecule has 0 saturated carbocycles. The minimum atomic E-state index is -2.59. The highest BCUT2D eigenvalue weighted by molar-refractivity contribution is 9.10. The second-order valence-corrected chi connectivity index (χ2v) is 17.4. The zero-order valence-corrected chi connectivity index (χ0v) is 27.1. The Morgan fingerprint density at radius 1 is 0.950 bits per heavy atom. The third-order valence-electron chi connectivity index (χ3n) is 7.18. The highest BCUT2D eigenvalue weighted by atomic mass is 79.9. The van der Waals surface area contributed by atoms with E-state index in [0.29, 0.717) is 39.3 Å². The highest BCUT2D eigenvalue weighted by Crippen LogP contribution is 2.36. The summed E-state index contributed by atoms with van der Waals surface area (Å²) in [5.41, 5.74) is 0.419. The lowest BCUT2D eigenvalue weighted by Gasteiger charge is -2.43. The van der Waals surface area contributed by atoms with Crippen molar-refractivity contribution < 1.29 is 18.7 Å². The van der Waals surface area contributed by atoms with E-state index in [1.54, 1.807) is 4.90 Å². The number of hydrogen-bond donors (Lipinski definition) is 0. The Labute approximate surface area is 248 Å². The van der Waals surface area contributed by atoms with Crippen LogP contribution < -0.4 is 10.4 Å². The number of benzene rings is 2. The topological polar surface area (TPSA) is 65.8 Å². The van der Waals surface area contributed by atoms with E-state index in [2.05, 4.69) is 102 Å². The van der Waals surface area contributed by atoms with Crippen molar-refractivity contribution in [1.29, 1.82) is 0 Å². The van der Waals surface area contributed by atoms with Crippen LogP contribution in [0.3, 0.4) is 0 Å². The smallest absolute Gasteiger partial charge is 0.410 e. The first-order valence-corrected chi connectivity index (χ1v) is 16.7. The van der Waals surface area contributed by atoms with Crippen molar-refractivity contribution in [1.82, 2.24) is 14.7 Å². The second-order valence-electron chi connectivity index (χ2n) is 12.3. The molecule has 1 aliphatic heterocycles. The molecule has 0 unspecified atom stereocenters. The van der Waals surface area contributed by atoms with E-state index in [-0.39, 0.29) is 17.2 Å². The molecule has 0 fully saturated rings. The molecule has 1 atom stereocenters. The van der Waals surface area contributed by atoms with Gasteiger partial charge < -0.3 is 13.9 Å². The first-order chi connectivity index (χ1) is 18.9. The van der Waals surface area contributed by atoms with Gasteiger partial charge in [0.05, 0.1) is 38.0 Å². The van der Waals surface area contributed by atoms with Crippen molar-refractivity contribution in [3.63, 3.8) is 0 Å². The maximum atomic E-state index is 13.1. The molecule has 4 rings (SSSR count). The summed E-state index contributed by atoms with van der Waals surface area (Å²) < 4.78 is 21.5. The number of carbonyl (C=O) groups excluding carboxylic acids is 1. The van der Waals surface area contributed by atoms with Crippen molar-refractivity contribution in [3.8, 4) is 0 Å². The van der Waals surface area contributed by atoms with Gasteiger partial charge in [0.1, 0.15) is 10.2 Å². The Morgan fingerprint density at radius 3 is 2.10 bits per heavy atom. The Kier molecular flexibility index (Phi) is 9.60. The van der Waals surface area contributed by atoms with Crippen molar-refractivity contribution >= 4 is 40.7 Å². The van der Waals surface area contributed by atoms with Crippen LogP contribution in [0.4, 0.5) is 4.79 Å². The molecule has 0 saturated heterocycles. The molecule has 1 amide bonds. The number of rotatable bonds is 9. The zero-order valence-electron chi connectivity index (χ0n) is 24.5. The van der Waals surface area contributed by atoms with Gasteiger partial charge >= 0.3 is 6.09 Å². The van der Waals surface area contributed by atoms with Crippen LogP contribution >= 0.6 is 15.9 Å². The number of hydrogen-bond acceptors (Lipinski definition) is 5. The van der Waals surface area contributed by atoms with Gasteiger partial charge in [0.15, 0.2) is 0 Å². The number of amides is 1. The SMILES string of the molecule is CC(C)(C)OC(=O)N1Cc2cc(Br)nn2C[C@H]1CCOCCO[Si](c1ccccc1)(c1ccccc1)C(C)(C)C. The maximum absolute atomic E-state index is 13.1. The Hall–Kier alpha value is -2.46. The van der Waals surface area contributed by atoms with Crippen LogP contribution in [-0.2, 0) is 27.0 Å².